The fourth-order valence-electron chi connectivity index (χ4n) is 1.20. The van der Waals surface area contributed by atoms with E-state index in [0.29, 0.717) is 6.04 Å². The zero-order valence-electron chi connectivity index (χ0n) is 7.42. The molecule has 64 valence electrons. The van der Waals surface area contributed by atoms with Crippen LogP contribution in [0, 0.1) is 0 Å². The number of allylic oxidation sites excluding steroid dienone is 1. The van der Waals surface area contributed by atoms with Gasteiger partial charge in [-0.15, -0.1) is 0 Å². The minimum atomic E-state index is 0.503. The molecule has 1 atom stereocenters. The van der Waals surface area contributed by atoms with E-state index in [0.717, 1.165) is 26.2 Å². The molecule has 1 unspecified atom stereocenters. The van der Waals surface area contributed by atoms with E-state index in [1.54, 1.807) is 0 Å². The molecule has 2 nitrogen and oxygen atoms in total. The molecule has 0 aromatic heterocycles. The van der Waals surface area contributed by atoms with Crippen molar-refractivity contribution in [1.29, 1.82) is 0 Å². The maximum absolute atomic E-state index is 5.36. The van der Waals surface area contributed by atoms with Crippen molar-refractivity contribution in [3.63, 3.8) is 0 Å². The summed E-state index contributed by atoms with van der Waals surface area (Å²) >= 11 is 0. The van der Waals surface area contributed by atoms with Gasteiger partial charge in [-0.05, 0) is 13.5 Å². The summed E-state index contributed by atoms with van der Waals surface area (Å²) < 4.78 is 5.36. The second-order valence-corrected chi connectivity index (χ2v) is 2.96. The molecule has 2 heteroatoms. The van der Waals surface area contributed by atoms with Gasteiger partial charge in [0, 0.05) is 6.54 Å². The summed E-state index contributed by atoms with van der Waals surface area (Å²) in [4.78, 5) is 2.33. The number of hydrogen-bond acceptors (Lipinski definition) is 2. The van der Waals surface area contributed by atoms with Crippen LogP contribution in [0.5, 0.6) is 0 Å². The zero-order chi connectivity index (χ0) is 8.10. The molecule has 0 spiro atoms. The first kappa shape index (κ1) is 8.75. The number of nitrogens with zero attached hydrogens (tertiary/aromatic N) is 1. The highest BCUT2D eigenvalue weighted by Gasteiger charge is 2.15. The number of morpholine rings is 1. The van der Waals surface area contributed by atoms with E-state index in [-0.39, 0.29) is 0 Å². The van der Waals surface area contributed by atoms with Gasteiger partial charge >= 0.3 is 0 Å². The van der Waals surface area contributed by atoms with E-state index < -0.39 is 0 Å². The van der Waals surface area contributed by atoms with Crippen molar-refractivity contribution < 1.29 is 4.74 Å². The molecule has 0 radical (unpaired) electrons. The van der Waals surface area contributed by atoms with E-state index in [1.165, 1.54) is 0 Å². The molecule has 1 rings (SSSR count). The first-order chi connectivity index (χ1) is 5.34. The Morgan fingerprint density at radius 2 is 2.45 bits per heavy atom. The summed E-state index contributed by atoms with van der Waals surface area (Å²) in [6.07, 6.45) is 5.55. The molecule has 1 aliphatic heterocycles. The molecule has 1 fully saturated rings. The lowest BCUT2D eigenvalue weighted by atomic mass is 10.2. The third kappa shape index (κ3) is 2.64. The largest absolute Gasteiger partial charge is 0.378 e. The maximum atomic E-state index is 5.36. The average Bonchev–Trinajstić information content (AvgIpc) is 2.03. The van der Waals surface area contributed by atoms with Crippen LogP contribution < -0.4 is 0 Å². The van der Waals surface area contributed by atoms with Gasteiger partial charge in [0.1, 0.15) is 0 Å². The van der Waals surface area contributed by atoms with E-state index in [4.69, 9.17) is 4.74 Å². The molecule has 1 aliphatic rings. The Kier molecular flexibility index (Phi) is 3.60. The first-order valence-corrected chi connectivity index (χ1v) is 4.29. The summed E-state index contributed by atoms with van der Waals surface area (Å²) in [7, 11) is 2.15. The summed E-state index contributed by atoms with van der Waals surface area (Å²) in [5.41, 5.74) is 0. The average molecular weight is 155 g/mol. The Morgan fingerprint density at radius 3 is 3.09 bits per heavy atom. The van der Waals surface area contributed by atoms with Gasteiger partial charge in [0.2, 0.25) is 0 Å². The SMILES string of the molecule is CC/C=C\C1COCCN1C. The van der Waals surface area contributed by atoms with Crippen LogP contribution in [0.2, 0.25) is 0 Å². The van der Waals surface area contributed by atoms with E-state index in [9.17, 15) is 0 Å². The van der Waals surface area contributed by atoms with Gasteiger partial charge in [0.25, 0.3) is 0 Å². The van der Waals surface area contributed by atoms with Gasteiger partial charge in [-0.2, -0.15) is 0 Å². The first-order valence-electron chi connectivity index (χ1n) is 4.29. The fourth-order valence-corrected chi connectivity index (χ4v) is 1.20. The topological polar surface area (TPSA) is 12.5 Å². The molecule has 0 aromatic carbocycles. The molecule has 0 aliphatic carbocycles. The fraction of sp³-hybridized carbons (Fsp3) is 0.778. The highest BCUT2D eigenvalue weighted by atomic mass is 16.5. The predicted octanol–water partition coefficient (Wildman–Crippen LogP) is 1.28. The molecular weight excluding hydrogens is 138 g/mol. The van der Waals surface area contributed by atoms with Crippen molar-refractivity contribution in [2.75, 3.05) is 26.8 Å². The Hall–Kier alpha value is -0.340. The van der Waals surface area contributed by atoms with Crippen LogP contribution >= 0.6 is 0 Å². The second kappa shape index (κ2) is 4.52. The van der Waals surface area contributed by atoms with Crippen molar-refractivity contribution in [3.05, 3.63) is 12.2 Å². The van der Waals surface area contributed by atoms with Crippen LogP contribution in [0.1, 0.15) is 13.3 Å². The quantitative estimate of drug-likeness (QED) is 0.557. The molecule has 1 saturated heterocycles. The molecular formula is C9H17NO. The third-order valence-corrected chi connectivity index (χ3v) is 2.04. The summed E-state index contributed by atoms with van der Waals surface area (Å²) in [5.74, 6) is 0. The van der Waals surface area contributed by atoms with Crippen molar-refractivity contribution in [2.45, 2.75) is 19.4 Å². The lowest BCUT2D eigenvalue weighted by Gasteiger charge is -2.30. The van der Waals surface area contributed by atoms with Gasteiger partial charge in [-0.1, -0.05) is 19.1 Å². The van der Waals surface area contributed by atoms with Gasteiger partial charge in [0.15, 0.2) is 0 Å². The minimum absolute atomic E-state index is 0.503. The van der Waals surface area contributed by atoms with Crippen molar-refractivity contribution in [2.24, 2.45) is 0 Å². The molecule has 11 heavy (non-hydrogen) atoms. The van der Waals surface area contributed by atoms with Crippen LogP contribution in [0.25, 0.3) is 0 Å². The number of likely N-dealkylation sites (N-methyl/N-ethyl adjacent to an activating group) is 1. The third-order valence-electron chi connectivity index (χ3n) is 2.04. The molecule has 0 amide bonds. The second-order valence-electron chi connectivity index (χ2n) is 2.96. The van der Waals surface area contributed by atoms with Gasteiger partial charge in [-0.3, -0.25) is 4.90 Å². The van der Waals surface area contributed by atoms with Gasteiger partial charge in [-0.25, -0.2) is 0 Å². The highest BCUT2D eigenvalue weighted by molar-refractivity contribution is 4.94. The van der Waals surface area contributed by atoms with Crippen LogP contribution in [0.15, 0.2) is 12.2 Å². The molecule has 0 saturated carbocycles. The van der Waals surface area contributed by atoms with Gasteiger partial charge < -0.3 is 4.74 Å². The number of rotatable bonds is 2. The lowest BCUT2D eigenvalue weighted by Crippen LogP contribution is -2.41. The lowest BCUT2D eigenvalue weighted by molar-refractivity contribution is 0.0233. The zero-order valence-corrected chi connectivity index (χ0v) is 7.42. The van der Waals surface area contributed by atoms with Gasteiger partial charge in [0.05, 0.1) is 19.3 Å². The number of ether oxygens (including phenoxy) is 1. The van der Waals surface area contributed by atoms with Crippen molar-refractivity contribution in [1.82, 2.24) is 4.90 Å². The van der Waals surface area contributed by atoms with Crippen molar-refractivity contribution >= 4 is 0 Å². The normalized spacial score (nSPS) is 28.0. The molecule has 1 heterocycles. The van der Waals surface area contributed by atoms with E-state index in [2.05, 4.69) is 31.0 Å². The summed E-state index contributed by atoms with van der Waals surface area (Å²) in [6.45, 7) is 4.94. The standard InChI is InChI=1S/C9H17NO/c1-3-4-5-9-8-11-7-6-10(9)2/h4-5,9H,3,6-8H2,1-2H3/b5-4-. The summed E-state index contributed by atoms with van der Waals surface area (Å²) in [5, 5.41) is 0. The van der Waals surface area contributed by atoms with Crippen LogP contribution in [0.4, 0.5) is 0 Å². The number of hydrogen-bond donors (Lipinski definition) is 0. The summed E-state index contributed by atoms with van der Waals surface area (Å²) in [6, 6.07) is 0.503. The molecule has 0 aromatic rings. The van der Waals surface area contributed by atoms with Crippen LogP contribution in [-0.2, 0) is 4.74 Å². The Balaban J connectivity index is 2.35. The Morgan fingerprint density at radius 1 is 1.64 bits per heavy atom. The Labute approximate surface area is 68.8 Å². The molecule has 0 N–H and O–H groups in total. The monoisotopic (exact) mass is 155 g/mol. The van der Waals surface area contributed by atoms with Crippen molar-refractivity contribution in [3.8, 4) is 0 Å². The highest BCUT2D eigenvalue weighted by Crippen LogP contribution is 2.05. The smallest absolute Gasteiger partial charge is 0.0658 e. The predicted molar refractivity (Wildman–Crippen MR) is 46.7 cm³/mol. The van der Waals surface area contributed by atoms with Crippen LogP contribution in [0.3, 0.4) is 0 Å². The maximum Gasteiger partial charge on any atom is 0.0658 e. The van der Waals surface area contributed by atoms with Crippen LogP contribution in [-0.4, -0.2) is 37.7 Å². The minimum Gasteiger partial charge on any atom is -0.378 e. The van der Waals surface area contributed by atoms with E-state index >= 15 is 0 Å². The van der Waals surface area contributed by atoms with E-state index in [1.807, 2.05) is 0 Å². The Bertz CT molecular complexity index is 134. The molecule has 0 bridgehead atoms.